The minimum atomic E-state index is -4.27. The number of benzene rings is 2. The third kappa shape index (κ3) is 3.26. The van der Waals surface area contributed by atoms with Crippen LogP contribution in [0.15, 0.2) is 48.5 Å². The summed E-state index contributed by atoms with van der Waals surface area (Å²) in [5, 5.41) is 17.1. The molecular weight excluding hydrogens is 425 g/mol. The van der Waals surface area contributed by atoms with Crippen molar-refractivity contribution in [2.75, 3.05) is 28.8 Å². The van der Waals surface area contributed by atoms with Gasteiger partial charge in [-0.1, -0.05) is 30.3 Å². The van der Waals surface area contributed by atoms with Crippen LogP contribution in [0.4, 0.5) is 15.9 Å². The fourth-order valence-electron chi connectivity index (χ4n) is 3.86. The fourth-order valence-corrected chi connectivity index (χ4v) is 5.02. The van der Waals surface area contributed by atoms with Crippen molar-refractivity contribution in [3.63, 3.8) is 0 Å². The molecule has 11 heteroatoms. The fraction of sp³-hybridized carbons (Fsp3) is 0.200. The van der Waals surface area contributed by atoms with Crippen molar-refractivity contribution < 1.29 is 22.7 Å². The van der Waals surface area contributed by atoms with Crippen LogP contribution in [-0.4, -0.2) is 49.3 Å². The number of anilines is 2. The number of carbonyl (C=O) groups is 1. The molecule has 3 aromatic rings. The smallest absolute Gasteiger partial charge is 0.326 e. The molecule has 0 aliphatic carbocycles. The van der Waals surface area contributed by atoms with Gasteiger partial charge >= 0.3 is 10.2 Å². The zero-order valence-corrected chi connectivity index (χ0v) is 16.9. The highest BCUT2D eigenvalue weighted by molar-refractivity contribution is 7.92. The van der Waals surface area contributed by atoms with Crippen LogP contribution in [0, 0.1) is 5.82 Å². The maximum Gasteiger partial charge on any atom is 0.326 e. The van der Waals surface area contributed by atoms with Crippen LogP contribution in [0.3, 0.4) is 0 Å². The van der Waals surface area contributed by atoms with E-state index in [1.54, 1.807) is 10.8 Å². The summed E-state index contributed by atoms with van der Waals surface area (Å²) < 4.78 is 41.7. The lowest BCUT2D eigenvalue weighted by molar-refractivity contribution is -0.117. The zero-order valence-electron chi connectivity index (χ0n) is 16.1. The number of hydrogen-bond acceptors (Lipinski definition) is 6. The molecule has 1 aromatic heterocycles. The van der Waals surface area contributed by atoms with Crippen LogP contribution < -0.4 is 13.9 Å². The van der Waals surface area contributed by atoms with Gasteiger partial charge in [0.2, 0.25) is 0 Å². The number of nitrogens with one attached hydrogen (secondary N) is 2. The summed E-state index contributed by atoms with van der Waals surface area (Å²) in [6.45, 7) is 0.938. The second-order valence-electron chi connectivity index (χ2n) is 7.48. The predicted molar refractivity (Wildman–Crippen MR) is 111 cm³/mol. The number of phenols is 1. The third-order valence-electron chi connectivity index (χ3n) is 5.50. The molecule has 2 fully saturated rings. The molecule has 9 nitrogen and oxygen atoms in total. The lowest BCUT2D eigenvalue weighted by Crippen LogP contribution is -2.45. The van der Waals surface area contributed by atoms with E-state index in [2.05, 4.69) is 22.3 Å². The SMILES string of the molecule is O=C1CN(c2c(O)ccc(-c3cc(N4CC(c5ccccc5)C4)n[nH]3)c2F)S(=O)(=O)N1. The summed E-state index contributed by atoms with van der Waals surface area (Å²) >= 11 is 0. The Morgan fingerprint density at radius 2 is 1.87 bits per heavy atom. The molecular formula is C20H18FN5O4S. The molecule has 1 amide bonds. The molecule has 3 heterocycles. The van der Waals surface area contributed by atoms with E-state index in [0.29, 0.717) is 21.7 Å². The Balaban J connectivity index is 1.41. The molecule has 0 unspecified atom stereocenters. The number of amides is 1. The predicted octanol–water partition coefficient (Wildman–Crippen LogP) is 1.71. The summed E-state index contributed by atoms with van der Waals surface area (Å²) in [7, 11) is -4.27. The number of rotatable bonds is 4. The van der Waals surface area contributed by atoms with Gasteiger partial charge in [0.1, 0.15) is 18.0 Å². The van der Waals surface area contributed by atoms with Crippen LogP contribution in [0.2, 0.25) is 0 Å². The van der Waals surface area contributed by atoms with Gasteiger partial charge in [-0.25, -0.2) is 13.4 Å². The molecule has 2 aliphatic heterocycles. The van der Waals surface area contributed by atoms with E-state index in [1.165, 1.54) is 17.7 Å². The van der Waals surface area contributed by atoms with Gasteiger partial charge in [0.15, 0.2) is 11.6 Å². The number of phenolic OH excluding ortho intramolecular Hbond substituents is 1. The minimum absolute atomic E-state index is 0.0289. The maximum atomic E-state index is 15.3. The average Bonchev–Trinajstić information content (AvgIpc) is 3.26. The van der Waals surface area contributed by atoms with E-state index in [1.807, 2.05) is 23.1 Å². The van der Waals surface area contributed by atoms with Crippen molar-refractivity contribution in [2.45, 2.75) is 5.92 Å². The number of carbonyl (C=O) groups excluding carboxylic acids is 1. The Morgan fingerprint density at radius 3 is 2.55 bits per heavy atom. The normalized spacial score (nSPS) is 18.2. The zero-order chi connectivity index (χ0) is 21.8. The van der Waals surface area contributed by atoms with Crippen LogP contribution in [0.5, 0.6) is 5.75 Å². The molecule has 0 radical (unpaired) electrons. The average molecular weight is 443 g/mol. The number of aromatic nitrogens is 2. The molecule has 160 valence electrons. The van der Waals surface area contributed by atoms with Crippen molar-refractivity contribution in [1.82, 2.24) is 14.9 Å². The number of nitrogens with zero attached hydrogens (tertiary/aromatic N) is 3. The summed E-state index contributed by atoms with van der Waals surface area (Å²) in [4.78, 5) is 13.6. The number of hydrogen-bond donors (Lipinski definition) is 3. The summed E-state index contributed by atoms with van der Waals surface area (Å²) in [5.74, 6) is -1.33. The molecule has 0 spiro atoms. The van der Waals surface area contributed by atoms with Gasteiger partial charge in [-0.2, -0.15) is 13.5 Å². The highest BCUT2D eigenvalue weighted by atomic mass is 32.2. The van der Waals surface area contributed by atoms with E-state index in [-0.39, 0.29) is 5.56 Å². The number of halogens is 1. The lowest BCUT2D eigenvalue weighted by Gasteiger charge is -2.39. The molecule has 2 aliphatic rings. The lowest BCUT2D eigenvalue weighted by atomic mass is 9.91. The first-order chi connectivity index (χ1) is 14.8. The van der Waals surface area contributed by atoms with Crippen molar-refractivity contribution >= 4 is 27.6 Å². The minimum Gasteiger partial charge on any atom is -0.506 e. The largest absolute Gasteiger partial charge is 0.506 e. The van der Waals surface area contributed by atoms with Gasteiger partial charge in [-0.15, -0.1) is 0 Å². The van der Waals surface area contributed by atoms with Crippen molar-refractivity contribution in [1.29, 1.82) is 0 Å². The third-order valence-corrected chi connectivity index (χ3v) is 6.87. The Morgan fingerprint density at radius 1 is 1.13 bits per heavy atom. The van der Waals surface area contributed by atoms with E-state index in [0.717, 1.165) is 13.1 Å². The Kier molecular flexibility index (Phi) is 4.36. The second kappa shape index (κ2) is 6.98. The maximum absolute atomic E-state index is 15.3. The molecule has 31 heavy (non-hydrogen) atoms. The molecule has 3 N–H and O–H groups in total. The molecule has 0 saturated carbocycles. The summed E-state index contributed by atoms with van der Waals surface area (Å²) in [6, 6.07) is 14.3. The van der Waals surface area contributed by atoms with Gasteiger partial charge < -0.3 is 10.0 Å². The number of aromatic hydroxyl groups is 1. The molecule has 2 saturated heterocycles. The van der Waals surface area contributed by atoms with Crippen molar-refractivity contribution in [3.05, 3.63) is 59.9 Å². The van der Waals surface area contributed by atoms with Crippen LogP contribution >= 0.6 is 0 Å². The van der Waals surface area contributed by atoms with Gasteiger partial charge in [0.05, 0.1) is 5.69 Å². The second-order valence-corrected chi connectivity index (χ2v) is 9.08. The van der Waals surface area contributed by atoms with Crippen LogP contribution in [0.25, 0.3) is 11.3 Å². The van der Waals surface area contributed by atoms with E-state index in [4.69, 9.17) is 0 Å². The highest BCUT2D eigenvalue weighted by Gasteiger charge is 2.38. The van der Waals surface area contributed by atoms with E-state index < -0.39 is 39.9 Å². The Hall–Kier alpha value is -3.60. The molecule has 0 atom stereocenters. The van der Waals surface area contributed by atoms with E-state index in [9.17, 15) is 18.3 Å². The quantitative estimate of drug-likeness (QED) is 0.565. The Bertz CT molecular complexity index is 1270. The summed E-state index contributed by atoms with van der Waals surface area (Å²) in [6.07, 6.45) is 0. The van der Waals surface area contributed by atoms with Gasteiger partial charge in [0, 0.05) is 30.6 Å². The van der Waals surface area contributed by atoms with E-state index >= 15 is 4.39 Å². The van der Waals surface area contributed by atoms with Crippen molar-refractivity contribution in [2.24, 2.45) is 0 Å². The number of H-pyrrole nitrogens is 1. The van der Waals surface area contributed by atoms with Gasteiger partial charge in [0.25, 0.3) is 5.91 Å². The molecule has 0 bridgehead atoms. The van der Waals surface area contributed by atoms with Crippen molar-refractivity contribution in [3.8, 4) is 17.0 Å². The number of aromatic amines is 1. The first-order valence-corrected chi connectivity index (χ1v) is 11.0. The summed E-state index contributed by atoms with van der Waals surface area (Å²) in [5.41, 5.74) is 1.02. The first kappa shape index (κ1) is 19.4. The topological polar surface area (TPSA) is 119 Å². The first-order valence-electron chi connectivity index (χ1n) is 9.54. The van der Waals surface area contributed by atoms with Crippen LogP contribution in [0.1, 0.15) is 11.5 Å². The molecule has 5 rings (SSSR count). The molecule has 2 aromatic carbocycles. The Labute approximate surface area is 177 Å². The van der Waals surface area contributed by atoms with Gasteiger partial charge in [-0.05, 0) is 17.7 Å². The van der Waals surface area contributed by atoms with Gasteiger partial charge in [-0.3, -0.25) is 9.89 Å². The van der Waals surface area contributed by atoms with Crippen LogP contribution in [-0.2, 0) is 15.0 Å². The standard InChI is InChI=1S/C20H18FN5O4S/c21-19-14(6-7-16(27)20(19)26-11-18(28)24-31(26,29)30)15-8-17(23-22-15)25-9-13(10-25)12-4-2-1-3-5-12/h1-8,13,27H,9-11H2,(H,22,23)(H,24,28). The highest BCUT2D eigenvalue weighted by Crippen LogP contribution is 2.39. The monoisotopic (exact) mass is 443 g/mol.